The highest BCUT2D eigenvalue weighted by Crippen LogP contribution is 2.32. The van der Waals surface area contributed by atoms with Gasteiger partial charge in [0.2, 0.25) is 0 Å². The fourth-order valence-electron chi connectivity index (χ4n) is 2.32. The highest BCUT2D eigenvalue weighted by molar-refractivity contribution is 7.24. The van der Waals surface area contributed by atoms with E-state index in [2.05, 4.69) is 27.7 Å². The zero-order valence-electron chi connectivity index (χ0n) is 11.6. The summed E-state index contributed by atoms with van der Waals surface area (Å²) in [6.45, 7) is 8.94. The van der Waals surface area contributed by atoms with Crippen LogP contribution in [0, 0.1) is 5.41 Å². The summed E-state index contributed by atoms with van der Waals surface area (Å²) >= 11 is 0. The van der Waals surface area contributed by atoms with Crippen LogP contribution in [0.3, 0.4) is 0 Å². The Bertz CT molecular complexity index is 178. The summed E-state index contributed by atoms with van der Waals surface area (Å²) in [5, 5.41) is 0. The first-order valence-electron chi connectivity index (χ1n) is 6.84. The third-order valence-electron chi connectivity index (χ3n) is 3.24. The molecule has 1 atom stereocenters. The van der Waals surface area contributed by atoms with E-state index < -0.39 is 0 Å². The van der Waals surface area contributed by atoms with Gasteiger partial charge in [0.05, 0.1) is 0 Å². The van der Waals surface area contributed by atoms with E-state index in [1.165, 1.54) is 44.9 Å². The molecule has 1 nitrogen and oxygen atoms in total. The second kappa shape index (κ2) is 9.16. The second-order valence-corrected chi connectivity index (χ2v) is 6.93. The molecule has 0 saturated heterocycles. The van der Waals surface area contributed by atoms with Crippen LogP contribution in [0.15, 0.2) is 0 Å². The fourth-order valence-corrected chi connectivity index (χ4v) is 2.89. The van der Waals surface area contributed by atoms with E-state index in [4.69, 9.17) is 0 Å². The zero-order valence-corrected chi connectivity index (χ0v) is 12.5. The van der Waals surface area contributed by atoms with E-state index in [-0.39, 0.29) is 0 Å². The maximum atomic E-state index is 10.7. The molecule has 0 N–H and O–H groups in total. The average molecular weight is 244 g/mol. The highest BCUT2D eigenvalue weighted by atomic mass is 31.1. The fraction of sp³-hybridized carbons (Fsp3) is 1.00. The Morgan fingerprint density at radius 1 is 1.06 bits per heavy atom. The van der Waals surface area contributed by atoms with Crippen LogP contribution in [0.5, 0.6) is 0 Å². The van der Waals surface area contributed by atoms with Gasteiger partial charge in [-0.15, -0.1) is 0 Å². The standard InChI is InChI=1S/C14H29OP/c1-5-6-7-8-9-10-11-14(3,4)12-13(2)16-15/h13H,5-12H2,1-4H3. The van der Waals surface area contributed by atoms with E-state index >= 15 is 0 Å². The van der Waals surface area contributed by atoms with Crippen LogP contribution in [0.4, 0.5) is 0 Å². The van der Waals surface area contributed by atoms with Crippen molar-refractivity contribution in [2.45, 2.75) is 84.7 Å². The lowest BCUT2D eigenvalue weighted by Crippen LogP contribution is -2.15. The Morgan fingerprint density at radius 2 is 1.62 bits per heavy atom. The number of rotatable bonds is 10. The molecule has 0 amide bonds. The normalized spacial score (nSPS) is 14.2. The first-order valence-corrected chi connectivity index (χ1v) is 7.72. The molecule has 0 aromatic heterocycles. The summed E-state index contributed by atoms with van der Waals surface area (Å²) in [7, 11) is 0.306. The van der Waals surface area contributed by atoms with Crippen molar-refractivity contribution in [2.24, 2.45) is 5.41 Å². The van der Waals surface area contributed by atoms with Gasteiger partial charge in [-0.2, -0.15) is 0 Å². The van der Waals surface area contributed by atoms with E-state index in [0.717, 1.165) is 6.42 Å². The van der Waals surface area contributed by atoms with Crippen LogP contribution in [0.2, 0.25) is 0 Å². The van der Waals surface area contributed by atoms with Crippen molar-refractivity contribution < 1.29 is 4.57 Å². The summed E-state index contributed by atoms with van der Waals surface area (Å²) in [5.41, 5.74) is 0.678. The van der Waals surface area contributed by atoms with Gasteiger partial charge in [-0.1, -0.05) is 66.2 Å². The van der Waals surface area contributed by atoms with Crippen molar-refractivity contribution >= 4 is 8.46 Å². The monoisotopic (exact) mass is 244 g/mol. The number of hydrogen-bond acceptors (Lipinski definition) is 1. The maximum absolute atomic E-state index is 10.7. The molecule has 0 fully saturated rings. The zero-order chi connectivity index (χ0) is 12.4. The van der Waals surface area contributed by atoms with Gasteiger partial charge in [0.1, 0.15) is 0 Å². The minimum atomic E-state index is 0.306. The second-order valence-electron chi connectivity index (χ2n) is 5.84. The summed E-state index contributed by atoms with van der Waals surface area (Å²) in [5.74, 6) is 0. The van der Waals surface area contributed by atoms with Crippen LogP contribution < -0.4 is 0 Å². The molecule has 2 heteroatoms. The molecule has 0 aliphatic rings. The molecule has 1 unspecified atom stereocenters. The Kier molecular flexibility index (Phi) is 9.22. The van der Waals surface area contributed by atoms with Crippen molar-refractivity contribution in [1.29, 1.82) is 0 Å². The Balaban J connectivity index is 3.53. The van der Waals surface area contributed by atoms with Gasteiger partial charge in [0, 0.05) is 5.66 Å². The first kappa shape index (κ1) is 16.1. The maximum Gasteiger partial charge on any atom is 0.158 e. The Hall–Kier alpha value is 0.100. The van der Waals surface area contributed by atoms with Crippen LogP contribution in [-0.4, -0.2) is 5.66 Å². The van der Waals surface area contributed by atoms with Gasteiger partial charge < -0.3 is 0 Å². The highest BCUT2D eigenvalue weighted by Gasteiger charge is 2.20. The molecular weight excluding hydrogens is 215 g/mol. The molecule has 96 valence electrons. The Labute approximate surface area is 104 Å². The predicted octanol–water partition coefficient (Wildman–Crippen LogP) is 5.83. The van der Waals surface area contributed by atoms with Crippen LogP contribution in [-0.2, 0) is 4.57 Å². The van der Waals surface area contributed by atoms with Gasteiger partial charge in [-0.25, -0.2) is 0 Å². The lowest BCUT2D eigenvalue weighted by molar-refractivity contribution is 0.293. The lowest BCUT2D eigenvalue weighted by atomic mass is 9.82. The SMILES string of the molecule is CCCCCCCCC(C)(C)CC(C)P=O. The molecule has 0 rings (SSSR count). The minimum absolute atomic E-state index is 0.306. The van der Waals surface area contributed by atoms with Crippen molar-refractivity contribution in [3.05, 3.63) is 0 Å². The van der Waals surface area contributed by atoms with Crippen LogP contribution in [0.1, 0.15) is 79.1 Å². The van der Waals surface area contributed by atoms with Crippen molar-refractivity contribution in [3.8, 4) is 0 Å². The summed E-state index contributed by atoms with van der Waals surface area (Å²) in [6.07, 6.45) is 10.5. The third kappa shape index (κ3) is 9.33. The lowest BCUT2D eigenvalue weighted by Gasteiger charge is -2.25. The molecule has 0 bridgehead atoms. The van der Waals surface area contributed by atoms with Crippen molar-refractivity contribution in [2.75, 3.05) is 0 Å². The van der Waals surface area contributed by atoms with E-state index in [0.29, 0.717) is 19.5 Å². The van der Waals surface area contributed by atoms with Crippen LogP contribution >= 0.6 is 8.46 Å². The van der Waals surface area contributed by atoms with E-state index in [1.807, 2.05) is 0 Å². The molecular formula is C14H29OP. The number of unbranched alkanes of at least 4 members (excludes halogenated alkanes) is 5. The molecule has 16 heavy (non-hydrogen) atoms. The molecule has 0 heterocycles. The quantitative estimate of drug-likeness (QED) is 0.349. The van der Waals surface area contributed by atoms with Crippen molar-refractivity contribution in [3.63, 3.8) is 0 Å². The summed E-state index contributed by atoms with van der Waals surface area (Å²) < 4.78 is 10.7. The van der Waals surface area contributed by atoms with E-state index in [1.54, 1.807) is 0 Å². The van der Waals surface area contributed by atoms with Gasteiger partial charge in [-0.05, 0) is 18.3 Å². The smallest absolute Gasteiger partial charge is 0.158 e. The largest absolute Gasteiger partial charge is 0.275 e. The molecule has 0 aromatic rings. The van der Waals surface area contributed by atoms with Gasteiger partial charge in [0.15, 0.2) is 8.46 Å². The van der Waals surface area contributed by atoms with Gasteiger partial charge >= 0.3 is 0 Å². The molecule has 0 aromatic carbocycles. The minimum Gasteiger partial charge on any atom is -0.275 e. The third-order valence-corrected chi connectivity index (χ3v) is 3.78. The van der Waals surface area contributed by atoms with Crippen LogP contribution in [0.25, 0.3) is 0 Å². The van der Waals surface area contributed by atoms with E-state index in [9.17, 15) is 4.57 Å². The molecule has 0 aliphatic heterocycles. The molecule has 0 aliphatic carbocycles. The summed E-state index contributed by atoms with van der Waals surface area (Å²) in [6, 6.07) is 0. The topological polar surface area (TPSA) is 17.1 Å². The Morgan fingerprint density at radius 3 is 2.19 bits per heavy atom. The summed E-state index contributed by atoms with van der Waals surface area (Å²) in [4.78, 5) is 0. The van der Waals surface area contributed by atoms with Crippen molar-refractivity contribution in [1.82, 2.24) is 0 Å². The molecule has 0 spiro atoms. The average Bonchev–Trinajstić information content (AvgIpc) is 2.22. The van der Waals surface area contributed by atoms with Gasteiger partial charge in [-0.3, -0.25) is 4.57 Å². The number of hydrogen-bond donors (Lipinski definition) is 0. The first-order chi connectivity index (χ1) is 7.52. The predicted molar refractivity (Wildman–Crippen MR) is 73.5 cm³/mol. The molecule has 0 radical (unpaired) electrons. The van der Waals surface area contributed by atoms with Gasteiger partial charge in [0.25, 0.3) is 0 Å². The molecule has 0 saturated carbocycles.